The van der Waals surface area contributed by atoms with Gasteiger partial charge in [0.2, 0.25) is 5.75 Å². The highest BCUT2D eigenvalue weighted by atomic mass is 16.5. The maximum Gasteiger partial charge on any atom is 0.261 e. The van der Waals surface area contributed by atoms with Gasteiger partial charge in [-0.1, -0.05) is 12.1 Å². The summed E-state index contributed by atoms with van der Waals surface area (Å²) in [7, 11) is 4.65. The number of benzene rings is 2. The Kier molecular flexibility index (Phi) is 6.72. The number of carbonyl (C=O) groups is 1. The molecule has 1 atom stereocenters. The van der Waals surface area contributed by atoms with E-state index in [1.165, 1.54) is 0 Å². The standard InChI is InChI=1S/C20H25NO5/c1-13-7-6-8-16(9-13)26-14(2)20(22)21-12-15-10-17(23-3)19(25-5)18(11-15)24-4/h6-11,14H,12H2,1-5H3,(H,21,22)/t14-/m1/s1. The van der Waals surface area contributed by atoms with Crippen molar-refractivity contribution in [2.24, 2.45) is 0 Å². The van der Waals surface area contributed by atoms with Crippen LogP contribution in [0.4, 0.5) is 0 Å². The van der Waals surface area contributed by atoms with Crippen LogP contribution in [0, 0.1) is 6.92 Å². The number of hydrogen-bond donors (Lipinski definition) is 1. The predicted octanol–water partition coefficient (Wildman–Crippen LogP) is 3.10. The molecule has 0 aliphatic heterocycles. The Bertz CT molecular complexity index is 735. The SMILES string of the molecule is COc1cc(CNC(=O)[C@@H](C)Oc2cccc(C)c2)cc(OC)c1OC. The van der Waals surface area contributed by atoms with Crippen LogP contribution in [0.5, 0.6) is 23.0 Å². The molecule has 0 aliphatic rings. The molecular formula is C20H25NO5. The Morgan fingerprint density at radius 1 is 1.04 bits per heavy atom. The Labute approximate surface area is 154 Å². The second-order valence-electron chi connectivity index (χ2n) is 5.83. The molecule has 0 radical (unpaired) electrons. The smallest absolute Gasteiger partial charge is 0.261 e. The van der Waals surface area contributed by atoms with E-state index in [2.05, 4.69) is 5.32 Å². The van der Waals surface area contributed by atoms with Crippen molar-refractivity contribution in [3.63, 3.8) is 0 Å². The van der Waals surface area contributed by atoms with E-state index in [9.17, 15) is 4.79 Å². The molecule has 0 saturated heterocycles. The topological polar surface area (TPSA) is 66.0 Å². The molecule has 2 aromatic carbocycles. The van der Waals surface area contributed by atoms with E-state index in [1.807, 2.05) is 31.2 Å². The van der Waals surface area contributed by atoms with Gasteiger partial charge in [-0.25, -0.2) is 0 Å². The highest BCUT2D eigenvalue weighted by Gasteiger charge is 2.17. The first-order valence-corrected chi connectivity index (χ1v) is 8.28. The van der Waals surface area contributed by atoms with Crippen molar-refractivity contribution in [2.45, 2.75) is 26.5 Å². The molecule has 1 amide bonds. The summed E-state index contributed by atoms with van der Waals surface area (Å²) in [5, 5.41) is 2.86. The second-order valence-corrected chi connectivity index (χ2v) is 5.83. The number of methoxy groups -OCH3 is 3. The molecule has 2 rings (SSSR count). The summed E-state index contributed by atoms with van der Waals surface area (Å²) < 4.78 is 21.6. The third kappa shape index (κ3) is 4.81. The van der Waals surface area contributed by atoms with Gasteiger partial charge in [0, 0.05) is 6.54 Å². The fraction of sp³-hybridized carbons (Fsp3) is 0.350. The molecule has 0 aromatic heterocycles. The predicted molar refractivity (Wildman–Crippen MR) is 99.2 cm³/mol. The molecule has 0 heterocycles. The molecule has 6 nitrogen and oxygen atoms in total. The summed E-state index contributed by atoms with van der Waals surface area (Å²) in [6.07, 6.45) is -0.612. The number of rotatable bonds is 8. The molecule has 2 aromatic rings. The van der Waals surface area contributed by atoms with Gasteiger partial charge >= 0.3 is 0 Å². The third-order valence-electron chi connectivity index (χ3n) is 3.86. The van der Waals surface area contributed by atoms with Gasteiger partial charge in [0.25, 0.3) is 5.91 Å². The van der Waals surface area contributed by atoms with Crippen LogP contribution in [-0.4, -0.2) is 33.3 Å². The average Bonchev–Trinajstić information content (AvgIpc) is 2.64. The highest BCUT2D eigenvalue weighted by Crippen LogP contribution is 2.38. The number of hydrogen-bond acceptors (Lipinski definition) is 5. The van der Waals surface area contributed by atoms with Crippen LogP contribution >= 0.6 is 0 Å². The maximum atomic E-state index is 12.3. The average molecular weight is 359 g/mol. The summed E-state index contributed by atoms with van der Waals surface area (Å²) in [5.74, 6) is 2.06. The molecule has 0 spiro atoms. The lowest BCUT2D eigenvalue weighted by molar-refractivity contribution is -0.127. The van der Waals surface area contributed by atoms with Gasteiger partial charge in [-0.2, -0.15) is 0 Å². The molecule has 0 aliphatic carbocycles. The fourth-order valence-corrected chi connectivity index (χ4v) is 2.52. The number of carbonyl (C=O) groups excluding carboxylic acids is 1. The summed E-state index contributed by atoms with van der Waals surface area (Å²) in [6, 6.07) is 11.2. The molecule has 1 N–H and O–H groups in total. The van der Waals surface area contributed by atoms with Crippen LogP contribution < -0.4 is 24.3 Å². The van der Waals surface area contributed by atoms with Crippen LogP contribution in [0.1, 0.15) is 18.1 Å². The molecule has 0 bridgehead atoms. The van der Waals surface area contributed by atoms with Crippen molar-refractivity contribution in [1.82, 2.24) is 5.32 Å². The van der Waals surface area contributed by atoms with Crippen LogP contribution in [0.3, 0.4) is 0 Å². The van der Waals surface area contributed by atoms with Gasteiger partial charge in [0.1, 0.15) is 5.75 Å². The minimum absolute atomic E-state index is 0.208. The van der Waals surface area contributed by atoms with Gasteiger partial charge in [0.05, 0.1) is 21.3 Å². The van der Waals surface area contributed by atoms with Crippen molar-refractivity contribution >= 4 is 5.91 Å². The number of nitrogens with one attached hydrogen (secondary N) is 1. The van der Waals surface area contributed by atoms with E-state index in [4.69, 9.17) is 18.9 Å². The quantitative estimate of drug-likeness (QED) is 0.784. The van der Waals surface area contributed by atoms with Crippen molar-refractivity contribution in [3.8, 4) is 23.0 Å². The summed E-state index contributed by atoms with van der Waals surface area (Å²) >= 11 is 0. The van der Waals surface area contributed by atoms with E-state index in [0.29, 0.717) is 29.5 Å². The molecule has 0 unspecified atom stereocenters. The van der Waals surface area contributed by atoms with Crippen LogP contribution in [0.2, 0.25) is 0 Å². The fourth-order valence-electron chi connectivity index (χ4n) is 2.52. The lowest BCUT2D eigenvalue weighted by Gasteiger charge is -2.17. The Balaban J connectivity index is 2.02. The van der Waals surface area contributed by atoms with Crippen LogP contribution in [0.25, 0.3) is 0 Å². The van der Waals surface area contributed by atoms with Crippen molar-refractivity contribution in [1.29, 1.82) is 0 Å². The lowest BCUT2D eigenvalue weighted by atomic mass is 10.1. The van der Waals surface area contributed by atoms with E-state index >= 15 is 0 Å². The van der Waals surface area contributed by atoms with E-state index in [0.717, 1.165) is 11.1 Å². The zero-order chi connectivity index (χ0) is 19.1. The van der Waals surface area contributed by atoms with E-state index in [1.54, 1.807) is 40.4 Å². The first kappa shape index (κ1) is 19.4. The van der Waals surface area contributed by atoms with Gasteiger partial charge in [-0.3, -0.25) is 4.79 Å². The molecule has 0 fully saturated rings. The molecule has 0 saturated carbocycles. The van der Waals surface area contributed by atoms with Crippen molar-refractivity contribution in [2.75, 3.05) is 21.3 Å². The molecule has 140 valence electrons. The molecular weight excluding hydrogens is 334 g/mol. The summed E-state index contributed by atoms with van der Waals surface area (Å²) in [4.78, 5) is 12.3. The zero-order valence-corrected chi connectivity index (χ0v) is 15.8. The van der Waals surface area contributed by atoms with E-state index in [-0.39, 0.29) is 5.91 Å². The number of ether oxygens (including phenoxy) is 4. The largest absolute Gasteiger partial charge is 0.493 e. The maximum absolute atomic E-state index is 12.3. The van der Waals surface area contributed by atoms with Gasteiger partial charge < -0.3 is 24.3 Å². The van der Waals surface area contributed by atoms with Gasteiger partial charge in [-0.05, 0) is 49.2 Å². The van der Waals surface area contributed by atoms with E-state index < -0.39 is 6.10 Å². The van der Waals surface area contributed by atoms with Gasteiger partial charge in [0.15, 0.2) is 17.6 Å². The first-order chi connectivity index (χ1) is 12.5. The second kappa shape index (κ2) is 8.99. The minimum atomic E-state index is -0.612. The Hall–Kier alpha value is -2.89. The summed E-state index contributed by atoms with van der Waals surface area (Å²) in [5.41, 5.74) is 1.91. The first-order valence-electron chi connectivity index (χ1n) is 8.28. The Morgan fingerprint density at radius 3 is 2.23 bits per heavy atom. The number of amides is 1. The summed E-state index contributed by atoms with van der Waals surface area (Å²) in [6.45, 7) is 4.01. The van der Waals surface area contributed by atoms with Crippen LogP contribution in [0.15, 0.2) is 36.4 Å². The minimum Gasteiger partial charge on any atom is -0.493 e. The van der Waals surface area contributed by atoms with Crippen LogP contribution in [-0.2, 0) is 11.3 Å². The lowest BCUT2D eigenvalue weighted by Crippen LogP contribution is -2.35. The van der Waals surface area contributed by atoms with Crippen molar-refractivity contribution < 1.29 is 23.7 Å². The molecule has 26 heavy (non-hydrogen) atoms. The zero-order valence-electron chi connectivity index (χ0n) is 15.8. The van der Waals surface area contributed by atoms with Gasteiger partial charge in [-0.15, -0.1) is 0 Å². The normalized spacial score (nSPS) is 11.4. The monoisotopic (exact) mass is 359 g/mol. The number of aryl methyl sites for hydroxylation is 1. The Morgan fingerprint density at radius 2 is 1.69 bits per heavy atom. The molecule has 6 heteroatoms. The highest BCUT2D eigenvalue weighted by molar-refractivity contribution is 5.80. The third-order valence-corrected chi connectivity index (χ3v) is 3.86. The van der Waals surface area contributed by atoms with Crippen molar-refractivity contribution in [3.05, 3.63) is 47.5 Å².